The second kappa shape index (κ2) is 10.5. The van der Waals surface area contributed by atoms with Gasteiger partial charge in [-0.05, 0) is 47.1 Å². The molecule has 0 aliphatic carbocycles. The highest BCUT2D eigenvalue weighted by molar-refractivity contribution is 6.30. The van der Waals surface area contributed by atoms with Gasteiger partial charge in [-0.3, -0.25) is 19.5 Å². The fourth-order valence-corrected chi connectivity index (χ4v) is 3.67. The van der Waals surface area contributed by atoms with Crippen molar-refractivity contribution in [2.24, 2.45) is 4.99 Å². The van der Waals surface area contributed by atoms with E-state index in [1.807, 2.05) is 12.1 Å². The Balaban J connectivity index is 1.38. The molecule has 37 heavy (non-hydrogen) atoms. The van der Waals surface area contributed by atoms with Crippen LogP contribution in [-0.4, -0.2) is 51.6 Å². The lowest BCUT2D eigenvalue weighted by molar-refractivity contribution is -0.130. The first-order valence-corrected chi connectivity index (χ1v) is 11.5. The highest BCUT2D eigenvalue weighted by Crippen LogP contribution is 2.26. The summed E-state index contributed by atoms with van der Waals surface area (Å²) in [5.74, 6) is -0.582. The molecular weight excluding hydrogens is 502 g/mol. The zero-order valence-electron chi connectivity index (χ0n) is 19.4. The molecule has 4 aromatic rings. The van der Waals surface area contributed by atoms with Crippen molar-refractivity contribution in [3.63, 3.8) is 0 Å². The van der Waals surface area contributed by atoms with Crippen LogP contribution in [0.4, 0.5) is 5.69 Å². The first-order valence-electron chi connectivity index (χ1n) is 11.1. The number of carbonyl (C=O) groups is 2. The summed E-state index contributed by atoms with van der Waals surface area (Å²) in [4.78, 5) is 35.6. The van der Waals surface area contributed by atoms with E-state index in [0.717, 1.165) is 5.56 Å². The largest absolute Gasteiger partial charge is 0.436 e. The van der Waals surface area contributed by atoms with Gasteiger partial charge >= 0.3 is 0 Å². The Labute approximate surface area is 215 Å². The van der Waals surface area contributed by atoms with Gasteiger partial charge in [0.2, 0.25) is 17.8 Å². The molecule has 0 saturated carbocycles. The van der Waals surface area contributed by atoms with E-state index in [1.54, 1.807) is 42.5 Å². The molecule has 2 amide bonds. The number of nitrogens with one attached hydrogen (secondary N) is 2. The van der Waals surface area contributed by atoms with Crippen LogP contribution >= 0.6 is 11.6 Å². The lowest BCUT2D eigenvalue weighted by Gasteiger charge is -2.31. The van der Waals surface area contributed by atoms with Crippen molar-refractivity contribution in [2.75, 3.05) is 18.9 Å². The molecule has 2 N–H and O–H groups in total. The fourth-order valence-electron chi connectivity index (χ4n) is 3.54. The maximum absolute atomic E-state index is 13.6. The van der Waals surface area contributed by atoms with Crippen molar-refractivity contribution >= 4 is 35.1 Å². The number of aliphatic imine (C=N–C) groups is 1. The maximum Gasteiger partial charge on any atom is 0.292 e. The molecule has 1 aliphatic heterocycles. The molecule has 1 atom stereocenters. The van der Waals surface area contributed by atoms with Gasteiger partial charge in [-0.2, -0.15) is 4.98 Å². The number of guanidine groups is 1. The molecule has 0 radical (unpaired) electrons. The number of nitrogens with zero attached hydrogens (tertiary/aromatic N) is 5. The summed E-state index contributed by atoms with van der Waals surface area (Å²) >= 11 is 6.02. The zero-order chi connectivity index (χ0) is 25.8. The number of benzene rings is 2. The van der Waals surface area contributed by atoms with Crippen LogP contribution in [0.2, 0.25) is 5.02 Å². The fraction of sp³-hybridized carbons (Fsp3) is 0.167. The number of halogens is 1. The van der Waals surface area contributed by atoms with Crippen molar-refractivity contribution < 1.29 is 23.4 Å². The highest BCUT2D eigenvalue weighted by Gasteiger charge is 2.37. The van der Waals surface area contributed by atoms with Crippen LogP contribution in [0, 0.1) is 0 Å². The molecule has 0 fully saturated rings. The number of carbonyl (C=O) groups excluding carboxylic acids is 2. The Bertz CT molecular complexity index is 1420. The van der Waals surface area contributed by atoms with Gasteiger partial charge in [0.1, 0.15) is 17.9 Å². The van der Waals surface area contributed by atoms with Gasteiger partial charge < -0.3 is 24.4 Å². The highest BCUT2D eigenvalue weighted by atomic mass is 35.5. The second-order valence-electron chi connectivity index (χ2n) is 7.89. The van der Waals surface area contributed by atoms with Gasteiger partial charge in [-0.25, -0.2) is 0 Å². The summed E-state index contributed by atoms with van der Waals surface area (Å²) in [6, 6.07) is 15.8. The van der Waals surface area contributed by atoms with E-state index < -0.39 is 11.8 Å². The number of aromatic nitrogens is 3. The Kier molecular flexibility index (Phi) is 6.81. The van der Waals surface area contributed by atoms with Crippen molar-refractivity contribution in [1.29, 1.82) is 0 Å². The number of ether oxygens (including phenoxy) is 1. The summed E-state index contributed by atoms with van der Waals surface area (Å²) < 4.78 is 15.6. The van der Waals surface area contributed by atoms with Crippen LogP contribution in [0.1, 0.15) is 28.0 Å². The molecular formula is C24H20ClN7O5. The standard InChI is InChI=1S/C24H20ClN7O5/c1-26-21(33)20-29-22(37-31-20)18-12-27-24(32(23(18)34)13-14-2-4-15(25)5-3-14)28-16-6-8-17(9-7-16)36-19-10-11-35-30-19/h2-11,18H,12-13H2,1H3,(H,26,33)(H,27,28). The summed E-state index contributed by atoms with van der Waals surface area (Å²) in [5.41, 5.74) is 1.51. The van der Waals surface area contributed by atoms with Crippen molar-refractivity contribution in [2.45, 2.75) is 12.5 Å². The minimum atomic E-state index is -0.845. The van der Waals surface area contributed by atoms with E-state index in [9.17, 15) is 9.59 Å². The van der Waals surface area contributed by atoms with Gasteiger partial charge in [0, 0.05) is 23.8 Å². The SMILES string of the molecule is CNC(=O)c1noc(C2CN=C(Nc3ccc(Oc4ccon4)cc3)N(Cc3ccc(Cl)cc3)C2=O)n1. The first kappa shape index (κ1) is 24.0. The summed E-state index contributed by atoms with van der Waals surface area (Å²) in [7, 11) is 1.45. The number of hydrogen-bond donors (Lipinski definition) is 2. The average Bonchev–Trinajstić information content (AvgIpc) is 3.61. The smallest absolute Gasteiger partial charge is 0.292 e. The lowest BCUT2D eigenvalue weighted by Crippen LogP contribution is -2.47. The molecule has 0 bridgehead atoms. The van der Waals surface area contributed by atoms with Crippen LogP contribution in [0.25, 0.3) is 0 Å². The monoisotopic (exact) mass is 521 g/mol. The molecule has 3 heterocycles. The minimum absolute atomic E-state index is 0.0156. The summed E-state index contributed by atoms with van der Waals surface area (Å²) in [6.45, 7) is 0.267. The van der Waals surface area contributed by atoms with E-state index in [4.69, 9.17) is 25.4 Å². The number of rotatable bonds is 7. The Hall–Kier alpha value is -4.71. The molecule has 5 rings (SSSR count). The number of amides is 2. The molecule has 188 valence electrons. The van der Waals surface area contributed by atoms with E-state index >= 15 is 0 Å². The van der Waals surface area contributed by atoms with Gasteiger partial charge in [0.25, 0.3) is 17.6 Å². The van der Waals surface area contributed by atoms with Crippen LogP contribution in [0.3, 0.4) is 0 Å². The maximum atomic E-state index is 13.6. The molecule has 2 aromatic carbocycles. The predicted octanol–water partition coefficient (Wildman–Crippen LogP) is 3.46. The zero-order valence-corrected chi connectivity index (χ0v) is 20.2. The topological polar surface area (TPSA) is 148 Å². The normalized spacial score (nSPS) is 15.3. The Morgan fingerprint density at radius 1 is 1.14 bits per heavy atom. The van der Waals surface area contributed by atoms with Crippen molar-refractivity contribution in [3.8, 4) is 11.6 Å². The molecule has 1 unspecified atom stereocenters. The average molecular weight is 522 g/mol. The number of hydrogen-bond acceptors (Lipinski definition) is 10. The molecule has 12 nitrogen and oxygen atoms in total. The number of anilines is 1. The molecule has 0 saturated heterocycles. The van der Waals surface area contributed by atoms with E-state index in [-0.39, 0.29) is 30.7 Å². The molecule has 1 aliphatic rings. The third-order valence-electron chi connectivity index (χ3n) is 5.41. The quantitative estimate of drug-likeness (QED) is 0.373. The van der Waals surface area contributed by atoms with Crippen LogP contribution in [-0.2, 0) is 11.3 Å². The summed E-state index contributed by atoms with van der Waals surface area (Å²) in [6.07, 6.45) is 1.42. The predicted molar refractivity (Wildman–Crippen MR) is 131 cm³/mol. The third kappa shape index (κ3) is 5.43. The summed E-state index contributed by atoms with van der Waals surface area (Å²) in [5, 5.41) is 13.6. The van der Waals surface area contributed by atoms with E-state index in [2.05, 4.69) is 30.9 Å². The molecule has 0 spiro atoms. The van der Waals surface area contributed by atoms with E-state index in [0.29, 0.717) is 28.3 Å². The van der Waals surface area contributed by atoms with E-state index in [1.165, 1.54) is 18.2 Å². The van der Waals surface area contributed by atoms with Gasteiger partial charge in [-0.15, -0.1) is 0 Å². The Morgan fingerprint density at radius 3 is 2.62 bits per heavy atom. The van der Waals surface area contributed by atoms with Crippen molar-refractivity contribution in [1.82, 2.24) is 25.5 Å². The van der Waals surface area contributed by atoms with Crippen LogP contribution in [0.5, 0.6) is 11.6 Å². The van der Waals surface area contributed by atoms with Crippen molar-refractivity contribution in [3.05, 3.63) is 83.2 Å². The van der Waals surface area contributed by atoms with Gasteiger partial charge in [0.05, 0.1) is 13.1 Å². The van der Waals surface area contributed by atoms with Gasteiger partial charge in [-0.1, -0.05) is 28.9 Å². The van der Waals surface area contributed by atoms with Gasteiger partial charge in [0.15, 0.2) is 0 Å². The lowest BCUT2D eigenvalue weighted by atomic mass is 10.1. The second-order valence-corrected chi connectivity index (χ2v) is 8.33. The molecule has 2 aromatic heterocycles. The third-order valence-corrected chi connectivity index (χ3v) is 5.67. The molecule has 13 heteroatoms. The minimum Gasteiger partial charge on any atom is -0.436 e. The van der Waals surface area contributed by atoms with Crippen LogP contribution in [0.15, 0.2) is 74.9 Å². The first-order chi connectivity index (χ1) is 18.0. The van der Waals surface area contributed by atoms with Crippen LogP contribution < -0.4 is 15.4 Å². The Morgan fingerprint density at radius 2 is 1.92 bits per heavy atom.